The summed E-state index contributed by atoms with van der Waals surface area (Å²) < 4.78 is 11.2. The lowest BCUT2D eigenvalue weighted by atomic mass is 10.2. The van der Waals surface area contributed by atoms with Crippen molar-refractivity contribution in [3.05, 3.63) is 74.2 Å². The van der Waals surface area contributed by atoms with Crippen molar-refractivity contribution in [3.63, 3.8) is 0 Å². The zero-order valence-corrected chi connectivity index (χ0v) is 17.8. The lowest BCUT2D eigenvalue weighted by molar-refractivity contribution is 0.0958. The predicted octanol–water partition coefficient (Wildman–Crippen LogP) is 4.76. The number of nitrogens with one attached hydrogen (secondary N) is 1. The monoisotopic (exact) mass is 429 g/mol. The van der Waals surface area contributed by atoms with Gasteiger partial charge in [-0.1, -0.05) is 29.8 Å². The highest BCUT2D eigenvalue weighted by Crippen LogP contribution is 2.29. The van der Waals surface area contributed by atoms with Crippen LogP contribution in [0, 0.1) is 13.8 Å². The van der Waals surface area contributed by atoms with Crippen LogP contribution in [-0.2, 0) is 6.61 Å². The molecule has 1 heterocycles. The second-order valence-corrected chi connectivity index (χ2v) is 7.75. The highest BCUT2D eigenvalue weighted by molar-refractivity contribution is 7.13. The number of thiazole rings is 1. The summed E-state index contributed by atoms with van der Waals surface area (Å²) in [6.07, 6.45) is 1.54. The third kappa shape index (κ3) is 5.34. The summed E-state index contributed by atoms with van der Waals surface area (Å²) in [4.78, 5) is 17.0. The fourth-order valence-corrected chi connectivity index (χ4v) is 3.61. The van der Waals surface area contributed by atoms with Gasteiger partial charge in [-0.2, -0.15) is 5.10 Å². The van der Waals surface area contributed by atoms with E-state index in [4.69, 9.17) is 21.1 Å². The van der Waals surface area contributed by atoms with Gasteiger partial charge in [-0.05, 0) is 43.7 Å². The number of carbonyl (C=O) groups excluding carboxylic acids is 1. The van der Waals surface area contributed by atoms with Crippen molar-refractivity contribution in [1.82, 2.24) is 10.4 Å². The molecule has 1 amide bonds. The molecule has 0 saturated carbocycles. The number of benzene rings is 2. The third-order valence-electron chi connectivity index (χ3n) is 4.02. The van der Waals surface area contributed by atoms with Crippen molar-refractivity contribution in [2.75, 3.05) is 7.11 Å². The molecule has 6 nitrogen and oxygen atoms in total. The topological polar surface area (TPSA) is 72.8 Å². The number of halogens is 1. The number of ether oxygens (including phenoxy) is 2. The lowest BCUT2D eigenvalue weighted by Crippen LogP contribution is -2.17. The molecule has 0 bridgehead atoms. The number of hydrogen-bond donors (Lipinski definition) is 1. The first kappa shape index (κ1) is 20.8. The summed E-state index contributed by atoms with van der Waals surface area (Å²) >= 11 is 7.50. The first-order valence-corrected chi connectivity index (χ1v) is 9.99. The fourth-order valence-electron chi connectivity index (χ4n) is 2.61. The van der Waals surface area contributed by atoms with E-state index < -0.39 is 0 Å². The first-order chi connectivity index (χ1) is 14.0. The molecular weight excluding hydrogens is 410 g/mol. The average molecular weight is 430 g/mol. The number of nitrogens with zero attached hydrogens (tertiary/aromatic N) is 2. The van der Waals surface area contributed by atoms with Crippen LogP contribution in [0.1, 0.15) is 31.5 Å². The van der Waals surface area contributed by atoms with Crippen LogP contribution < -0.4 is 14.9 Å². The van der Waals surface area contributed by atoms with Gasteiger partial charge in [-0.25, -0.2) is 10.4 Å². The van der Waals surface area contributed by atoms with E-state index in [0.29, 0.717) is 33.7 Å². The van der Waals surface area contributed by atoms with Crippen molar-refractivity contribution >= 4 is 35.1 Å². The summed E-state index contributed by atoms with van der Waals surface area (Å²) in [5.74, 6) is 0.863. The van der Waals surface area contributed by atoms with Gasteiger partial charge in [0.15, 0.2) is 11.5 Å². The molecular formula is C21H20ClN3O3S. The Morgan fingerprint density at radius 2 is 2.03 bits per heavy atom. The van der Waals surface area contributed by atoms with Crippen LogP contribution in [0.4, 0.5) is 0 Å². The summed E-state index contributed by atoms with van der Waals surface area (Å²) in [5, 5.41) is 5.51. The maximum atomic E-state index is 12.2. The number of methoxy groups -OCH3 is 1. The Bertz CT molecular complexity index is 1050. The summed E-state index contributed by atoms with van der Waals surface area (Å²) in [6, 6.07) is 12.9. The van der Waals surface area contributed by atoms with E-state index in [1.54, 1.807) is 32.4 Å². The number of aryl methyl sites for hydroxylation is 2. The molecule has 3 aromatic rings. The third-order valence-corrected chi connectivity index (χ3v) is 5.46. The molecule has 0 aliphatic heterocycles. The molecule has 1 aromatic heterocycles. The van der Waals surface area contributed by atoms with E-state index >= 15 is 0 Å². The van der Waals surface area contributed by atoms with Gasteiger partial charge in [-0.3, -0.25) is 4.79 Å². The Hall–Kier alpha value is -2.90. The van der Waals surface area contributed by atoms with Gasteiger partial charge in [0, 0.05) is 10.6 Å². The number of hydrogen-bond acceptors (Lipinski definition) is 6. The highest BCUT2D eigenvalue weighted by atomic mass is 35.5. The Morgan fingerprint density at radius 3 is 2.72 bits per heavy atom. The van der Waals surface area contributed by atoms with Crippen molar-refractivity contribution in [3.8, 4) is 11.5 Å². The van der Waals surface area contributed by atoms with Crippen LogP contribution in [0.15, 0.2) is 47.6 Å². The van der Waals surface area contributed by atoms with Crippen molar-refractivity contribution in [2.45, 2.75) is 20.5 Å². The molecule has 0 fully saturated rings. The molecule has 8 heteroatoms. The predicted molar refractivity (Wildman–Crippen MR) is 115 cm³/mol. The quantitative estimate of drug-likeness (QED) is 0.434. The largest absolute Gasteiger partial charge is 0.493 e. The van der Waals surface area contributed by atoms with Crippen LogP contribution in [-0.4, -0.2) is 24.2 Å². The molecule has 0 unspecified atom stereocenters. The van der Waals surface area contributed by atoms with Crippen LogP contribution in [0.2, 0.25) is 5.02 Å². The molecule has 0 aliphatic rings. The fraction of sp³-hybridized carbons (Fsp3) is 0.190. The smallest absolute Gasteiger partial charge is 0.283 e. The second kappa shape index (κ2) is 9.54. The van der Waals surface area contributed by atoms with E-state index in [-0.39, 0.29) is 5.91 Å². The normalized spacial score (nSPS) is 10.9. The molecule has 2 aromatic carbocycles. The van der Waals surface area contributed by atoms with Crippen LogP contribution >= 0.6 is 22.9 Å². The van der Waals surface area contributed by atoms with Gasteiger partial charge in [0.05, 0.1) is 24.0 Å². The maximum Gasteiger partial charge on any atom is 0.283 e. The lowest BCUT2D eigenvalue weighted by Gasteiger charge is -2.12. The molecule has 1 N–H and O–H groups in total. The molecule has 0 spiro atoms. The SMILES string of the molecule is COc1cc(/C=N/NC(=O)c2sc(C)nc2C)ccc1OCc1ccccc1Cl. The molecule has 0 atom stereocenters. The zero-order chi connectivity index (χ0) is 20.8. The van der Waals surface area contributed by atoms with E-state index in [1.807, 2.05) is 37.3 Å². The average Bonchev–Trinajstić information content (AvgIpc) is 3.06. The van der Waals surface area contributed by atoms with Crippen LogP contribution in [0.5, 0.6) is 11.5 Å². The summed E-state index contributed by atoms with van der Waals surface area (Å²) in [5.41, 5.74) is 4.86. The van der Waals surface area contributed by atoms with E-state index in [1.165, 1.54) is 11.3 Å². The minimum absolute atomic E-state index is 0.281. The summed E-state index contributed by atoms with van der Waals surface area (Å²) in [6.45, 7) is 3.99. The van der Waals surface area contributed by atoms with E-state index in [2.05, 4.69) is 15.5 Å². The number of aromatic nitrogens is 1. The first-order valence-electron chi connectivity index (χ1n) is 8.79. The van der Waals surface area contributed by atoms with Crippen molar-refractivity contribution < 1.29 is 14.3 Å². The van der Waals surface area contributed by atoms with Crippen molar-refractivity contribution in [1.29, 1.82) is 0 Å². The molecule has 3 rings (SSSR count). The Balaban J connectivity index is 1.65. The molecule has 0 radical (unpaired) electrons. The minimum Gasteiger partial charge on any atom is -0.493 e. The number of carbonyl (C=O) groups is 1. The van der Waals surface area contributed by atoms with Gasteiger partial charge in [0.1, 0.15) is 11.5 Å². The standard InChI is InChI=1S/C21H20ClN3O3S/c1-13-20(29-14(2)24-13)21(26)25-23-11-15-8-9-18(19(10-15)27-3)28-12-16-6-4-5-7-17(16)22/h4-11H,12H2,1-3H3,(H,25,26)/b23-11+. The Morgan fingerprint density at radius 1 is 1.24 bits per heavy atom. The molecule has 150 valence electrons. The van der Waals surface area contributed by atoms with Gasteiger partial charge < -0.3 is 9.47 Å². The van der Waals surface area contributed by atoms with Gasteiger partial charge in [0.25, 0.3) is 5.91 Å². The second-order valence-electron chi connectivity index (χ2n) is 6.14. The Labute approximate surface area is 178 Å². The van der Waals surface area contributed by atoms with Crippen LogP contribution in [0.25, 0.3) is 0 Å². The van der Waals surface area contributed by atoms with Gasteiger partial charge >= 0.3 is 0 Å². The van der Waals surface area contributed by atoms with E-state index in [9.17, 15) is 4.79 Å². The molecule has 29 heavy (non-hydrogen) atoms. The van der Waals surface area contributed by atoms with Crippen LogP contribution in [0.3, 0.4) is 0 Å². The van der Waals surface area contributed by atoms with Crippen molar-refractivity contribution in [2.24, 2.45) is 5.10 Å². The molecule has 0 saturated heterocycles. The number of hydrazone groups is 1. The number of rotatable bonds is 7. The summed E-state index contributed by atoms with van der Waals surface area (Å²) in [7, 11) is 1.56. The zero-order valence-electron chi connectivity index (χ0n) is 16.2. The molecule has 0 aliphatic carbocycles. The maximum absolute atomic E-state index is 12.2. The van der Waals surface area contributed by atoms with Gasteiger partial charge in [0.2, 0.25) is 0 Å². The minimum atomic E-state index is -0.281. The van der Waals surface area contributed by atoms with E-state index in [0.717, 1.165) is 16.1 Å². The number of amides is 1. The highest BCUT2D eigenvalue weighted by Gasteiger charge is 2.13. The Kier molecular flexibility index (Phi) is 6.85. The van der Waals surface area contributed by atoms with Gasteiger partial charge in [-0.15, -0.1) is 11.3 Å².